The number of carboxylic acid groups (broad SMARTS) is 1. The van der Waals surface area contributed by atoms with Crippen LogP contribution in [0, 0.1) is 0 Å². The summed E-state index contributed by atoms with van der Waals surface area (Å²) in [5.41, 5.74) is 1.15. The lowest BCUT2D eigenvalue weighted by molar-refractivity contribution is -0.131. The van der Waals surface area contributed by atoms with Crippen LogP contribution in [-0.4, -0.2) is 33.8 Å². The van der Waals surface area contributed by atoms with Crippen molar-refractivity contribution in [3.63, 3.8) is 0 Å². The Morgan fingerprint density at radius 2 is 1.89 bits per heavy atom. The first-order chi connectivity index (χ1) is 17.3. The second-order valence-corrected chi connectivity index (χ2v) is 9.73. The summed E-state index contributed by atoms with van der Waals surface area (Å²) in [6.45, 7) is 0. The van der Waals surface area contributed by atoms with E-state index >= 15 is 0 Å². The summed E-state index contributed by atoms with van der Waals surface area (Å²) in [5.74, 6) is -1.17. The van der Waals surface area contributed by atoms with Crippen LogP contribution in [0.3, 0.4) is 0 Å². The van der Waals surface area contributed by atoms with Crippen molar-refractivity contribution in [1.29, 1.82) is 0 Å². The predicted molar refractivity (Wildman–Crippen MR) is 138 cm³/mol. The van der Waals surface area contributed by atoms with Crippen molar-refractivity contribution in [2.75, 3.05) is 7.11 Å². The van der Waals surface area contributed by atoms with E-state index in [-0.39, 0.29) is 21.3 Å². The van der Waals surface area contributed by atoms with E-state index in [0.717, 1.165) is 12.5 Å². The van der Waals surface area contributed by atoms with Crippen LogP contribution >= 0.6 is 34.8 Å². The molecule has 5 rings (SSSR count). The Kier molecular flexibility index (Phi) is 6.43. The SMILES string of the molecule is COC1(c2onc(-c3c(Cl)cc(Cl)cc3Cl)c2C(=O)n2ccc3c(/C=C/C(=O)O)cccc32)CCC1. The predicted octanol–water partition coefficient (Wildman–Crippen LogP) is 7.07. The van der Waals surface area contributed by atoms with Gasteiger partial charge in [0.1, 0.15) is 16.9 Å². The number of fused-ring (bicyclic) bond motifs is 1. The summed E-state index contributed by atoms with van der Waals surface area (Å²) >= 11 is 19.1. The second-order valence-electron chi connectivity index (χ2n) is 8.47. The van der Waals surface area contributed by atoms with Crippen molar-refractivity contribution >= 4 is 63.7 Å². The lowest BCUT2D eigenvalue weighted by Crippen LogP contribution is -2.37. The summed E-state index contributed by atoms with van der Waals surface area (Å²) in [7, 11) is 1.57. The topological polar surface area (TPSA) is 94.6 Å². The van der Waals surface area contributed by atoms with E-state index < -0.39 is 17.5 Å². The number of ether oxygens (including phenoxy) is 1. The van der Waals surface area contributed by atoms with E-state index in [1.165, 1.54) is 22.8 Å². The molecule has 1 aliphatic rings. The minimum atomic E-state index is -1.07. The molecule has 7 nitrogen and oxygen atoms in total. The zero-order valence-electron chi connectivity index (χ0n) is 18.9. The van der Waals surface area contributed by atoms with Crippen molar-refractivity contribution < 1.29 is 24.0 Å². The number of aliphatic carboxylic acids is 1. The van der Waals surface area contributed by atoms with E-state index in [1.54, 1.807) is 37.6 Å². The maximum absolute atomic E-state index is 14.2. The van der Waals surface area contributed by atoms with Gasteiger partial charge in [0.15, 0.2) is 5.76 Å². The highest BCUT2D eigenvalue weighted by atomic mass is 35.5. The van der Waals surface area contributed by atoms with E-state index in [9.17, 15) is 9.59 Å². The van der Waals surface area contributed by atoms with Gasteiger partial charge < -0.3 is 14.4 Å². The number of hydrogen-bond acceptors (Lipinski definition) is 5. The highest BCUT2D eigenvalue weighted by molar-refractivity contribution is 6.42. The Balaban J connectivity index is 1.72. The average Bonchev–Trinajstić information content (AvgIpc) is 3.42. The molecule has 0 atom stereocenters. The maximum atomic E-state index is 14.2. The highest BCUT2D eigenvalue weighted by Crippen LogP contribution is 2.49. The van der Waals surface area contributed by atoms with Gasteiger partial charge in [-0.1, -0.05) is 52.1 Å². The molecule has 0 saturated heterocycles. The normalized spacial score (nSPS) is 14.9. The van der Waals surface area contributed by atoms with Crippen LogP contribution in [0.2, 0.25) is 15.1 Å². The standard InChI is InChI=1S/C26H19Cl3N2O5/c1-35-26(9-3-10-26)24-22(23(30-36-24)21-17(28)12-15(27)13-18(21)29)25(34)31-11-8-16-14(6-7-20(32)33)4-2-5-19(16)31/h2,4-8,11-13H,3,9-10H2,1H3,(H,32,33)/b7-6+. The van der Waals surface area contributed by atoms with Gasteiger partial charge in [-0.2, -0.15) is 0 Å². The molecule has 0 bridgehead atoms. The maximum Gasteiger partial charge on any atom is 0.328 e. The molecular formula is C26H19Cl3N2O5. The largest absolute Gasteiger partial charge is 0.478 e. The number of carbonyl (C=O) groups excluding carboxylic acids is 1. The van der Waals surface area contributed by atoms with Gasteiger partial charge in [0.25, 0.3) is 5.91 Å². The van der Waals surface area contributed by atoms with Gasteiger partial charge in [-0.15, -0.1) is 0 Å². The molecule has 0 unspecified atom stereocenters. The van der Waals surface area contributed by atoms with Crippen molar-refractivity contribution in [2.24, 2.45) is 0 Å². The fourth-order valence-electron chi connectivity index (χ4n) is 4.56. The molecule has 4 aromatic rings. The molecule has 10 heteroatoms. The smallest absolute Gasteiger partial charge is 0.328 e. The number of halogens is 3. The second kappa shape index (κ2) is 9.41. The molecule has 0 aliphatic heterocycles. The first-order valence-corrected chi connectivity index (χ1v) is 12.1. The number of nitrogens with zero attached hydrogens (tertiary/aromatic N) is 2. The molecule has 0 spiro atoms. The Morgan fingerprint density at radius 3 is 2.50 bits per heavy atom. The van der Waals surface area contributed by atoms with E-state index in [4.69, 9.17) is 49.2 Å². The third-order valence-electron chi connectivity index (χ3n) is 6.51. The minimum Gasteiger partial charge on any atom is -0.478 e. The van der Waals surface area contributed by atoms with Crippen LogP contribution in [-0.2, 0) is 15.1 Å². The molecule has 2 aromatic carbocycles. The molecule has 2 aromatic heterocycles. The third-order valence-corrected chi connectivity index (χ3v) is 7.32. The fraction of sp³-hybridized carbons (Fsp3) is 0.192. The first-order valence-electron chi connectivity index (χ1n) is 11.0. The van der Waals surface area contributed by atoms with Gasteiger partial charge in [0.2, 0.25) is 0 Å². The molecule has 1 N–H and O–H groups in total. The monoisotopic (exact) mass is 544 g/mol. The highest BCUT2D eigenvalue weighted by Gasteiger charge is 2.47. The minimum absolute atomic E-state index is 0.187. The number of hydrogen-bond donors (Lipinski definition) is 1. The van der Waals surface area contributed by atoms with Crippen LogP contribution in [0.15, 0.2) is 53.2 Å². The van der Waals surface area contributed by atoms with Crippen molar-refractivity contribution in [2.45, 2.75) is 24.9 Å². The summed E-state index contributed by atoms with van der Waals surface area (Å²) in [6, 6.07) is 10.1. The summed E-state index contributed by atoms with van der Waals surface area (Å²) in [6.07, 6.45) is 6.39. The van der Waals surface area contributed by atoms with Crippen LogP contribution < -0.4 is 0 Å². The van der Waals surface area contributed by atoms with Crippen LogP contribution in [0.25, 0.3) is 28.2 Å². The van der Waals surface area contributed by atoms with E-state index in [0.29, 0.717) is 45.7 Å². The van der Waals surface area contributed by atoms with Gasteiger partial charge in [0, 0.05) is 35.4 Å². The summed E-state index contributed by atoms with van der Waals surface area (Å²) in [4.78, 5) is 25.2. The molecule has 36 heavy (non-hydrogen) atoms. The number of carboxylic acids is 1. The summed E-state index contributed by atoms with van der Waals surface area (Å²) < 4.78 is 13.0. The number of benzene rings is 2. The van der Waals surface area contributed by atoms with Gasteiger partial charge >= 0.3 is 5.97 Å². The fourth-order valence-corrected chi connectivity index (χ4v) is 5.55. The Bertz CT molecular complexity index is 1520. The third kappa shape index (κ3) is 4.02. The lowest BCUT2D eigenvalue weighted by Gasteiger charge is -2.38. The van der Waals surface area contributed by atoms with E-state index in [1.807, 2.05) is 0 Å². The molecule has 1 saturated carbocycles. The lowest BCUT2D eigenvalue weighted by atomic mass is 9.76. The molecule has 1 aliphatic carbocycles. The molecule has 0 radical (unpaired) electrons. The quantitative estimate of drug-likeness (QED) is 0.260. The average molecular weight is 546 g/mol. The van der Waals surface area contributed by atoms with Gasteiger partial charge in [-0.3, -0.25) is 9.36 Å². The Morgan fingerprint density at radius 1 is 1.17 bits per heavy atom. The van der Waals surface area contributed by atoms with Crippen molar-refractivity contribution in [1.82, 2.24) is 9.72 Å². The zero-order chi connectivity index (χ0) is 25.6. The van der Waals surface area contributed by atoms with Crippen molar-refractivity contribution in [3.05, 3.63) is 80.6 Å². The molecular weight excluding hydrogens is 527 g/mol. The van der Waals surface area contributed by atoms with Crippen LogP contribution in [0.4, 0.5) is 0 Å². The number of carbonyl (C=O) groups is 2. The molecule has 0 amide bonds. The zero-order valence-corrected chi connectivity index (χ0v) is 21.2. The van der Waals surface area contributed by atoms with Crippen LogP contribution in [0.1, 0.15) is 40.9 Å². The Hall–Kier alpha value is -3.10. The van der Waals surface area contributed by atoms with Gasteiger partial charge in [-0.05, 0) is 55.2 Å². The molecule has 2 heterocycles. The first kappa shape index (κ1) is 24.6. The van der Waals surface area contributed by atoms with Gasteiger partial charge in [-0.25, -0.2) is 4.79 Å². The van der Waals surface area contributed by atoms with E-state index in [2.05, 4.69) is 5.16 Å². The van der Waals surface area contributed by atoms with Crippen molar-refractivity contribution in [3.8, 4) is 11.3 Å². The van der Waals surface area contributed by atoms with Crippen LogP contribution in [0.5, 0.6) is 0 Å². The number of aromatic nitrogens is 2. The number of methoxy groups -OCH3 is 1. The Labute approximate surface area is 220 Å². The molecule has 184 valence electrons. The molecule has 1 fully saturated rings. The van der Waals surface area contributed by atoms with Gasteiger partial charge in [0.05, 0.1) is 15.6 Å². The number of rotatable bonds is 6. The summed E-state index contributed by atoms with van der Waals surface area (Å²) in [5, 5.41) is 14.7.